The Balaban J connectivity index is 2.58. The highest BCUT2D eigenvalue weighted by atomic mass is 79.9. The Hall–Kier alpha value is -1.68. The van der Waals surface area contributed by atoms with Crippen LogP contribution in [0.4, 0.5) is 5.69 Å². The summed E-state index contributed by atoms with van der Waals surface area (Å²) in [7, 11) is 0. The van der Waals surface area contributed by atoms with Gasteiger partial charge in [0.15, 0.2) is 0 Å². The molecule has 16 heavy (non-hydrogen) atoms. The fraction of sp³-hybridized carbons (Fsp3) is 0. The first-order valence-corrected chi connectivity index (χ1v) is 5.53. The lowest BCUT2D eigenvalue weighted by Crippen LogP contribution is -1.71. The Kier molecular flexibility index (Phi) is 2.04. The molecule has 2 aromatic carbocycles. The maximum absolute atomic E-state index is 10.6. The number of nitrogens with zero attached hydrogens (tertiary/aromatic N) is 1. The zero-order valence-electron chi connectivity index (χ0n) is 8.11. The minimum absolute atomic E-state index is 0.388. The predicted octanol–water partition coefficient (Wildman–Crippen LogP) is 4.75. The summed E-state index contributed by atoms with van der Waals surface area (Å²) < 4.78 is 6.34. The van der Waals surface area contributed by atoms with Crippen LogP contribution < -0.4 is 0 Å². The Morgan fingerprint density at radius 3 is 2.69 bits per heavy atom. The summed E-state index contributed by atoms with van der Waals surface area (Å²) in [5.41, 5.74) is 1.95. The van der Waals surface area contributed by atoms with Gasteiger partial charge in [0, 0.05) is 10.8 Å². The molecule has 0 saturated carbocycles. The molecule has 3 rings (SSSR count). The van der Waals surface area contributed by atoms with Crippen molar-refractivity contribution in [3.05, 3.63) is 45.8 Å². The second-order valence-corrected chi connectivity index (χ2v) is 4.25. The summed E-state index contributed by atoms with van der Waals surface area (Å²) in [6.45, 7) is 0. The molecule has 0 saturated heterocycles. The number of nitroso groups, excluding NO2 is 1. The third-order valence-corrected chi connectivity index (χ3v) is 3.36. The molecule has 0 spiro atoms. The molecule has 4 heteroatoms. The third-order valence-electron chi connectivity index (χ3n) is 2.56. The highest BCUT2D eigenvalue weighted by Gasteiger charge is 2.12. The predicted molar refractivity (Wildman–Crippen MR) is 66.9 cm³/mol. The van der Waals surface area contributed by atoms with Crippen molar-refractivity contribution in [1.82, 2.24) is 0 Å². The Bertz CT molecular complexity index is 703. The summed E-state index contributed by atoms with van der Waals surface area (Å²) in [6.07, 6.45) is 0. The fourth-order valence-electron chi connectivity index (χ4n) is 1.83. The van der Waals surface area contributed by atoms with E-state index in [4.69, 9.17) is 4.42 Å². The van der Waals surface area contributed by atoms with Crippen LogP contribution in [0.15, 0.2) is 50.5 Å². The van der Waals surface area contributed by atoms with Gasteiger partial charge in [-0.1, -0.05) is 18.2 Å². The molecule has 0 radical (unpaired) electrons. The lowest BCUT2D eigenvalue weighted by molar-refractivity contribution is 0.669. The Morgan fingerprint density at radius 2 is 1.88 bits per heavy atom. The SMILES string of the molecule is O=Nc1ccc2oc3ccccc3c2c1Br. The van der Waals surface area contributed by atoms with Gasteiger partial charge >= 0.3 is 0 Å². The number of halogens is 1. The molecule has 0 bridgehead atoms. The average Bonchev–Trinajstić information content (AvgIpc) is 2.68. The molecule has 3 aromatic rings. The van der Waals surface area contributed by atoms with E-state index < -0.39 is 0 Å². The van der Waals surface area contributed by atoms with Crippen molar-refractivity contribution in [3.63, 3.8) is 0 Å². The van der Waals surface area contributed by atoms with Crippen LogP contribution in [0.3, 0.4) is 0 Å². The van der Waals surface area contributed by atoms with Crippen LogP contribution in [-0.2, 0) is 0 Å². The zero-order chi connectivity index (χ0) is 11.1. The molecule has 3 nitrogen and oxygen atoms in total. The Morgan fingerprint density at radius 1 is 1.06 bits per heavy atom. The van der Waals surface area contributed by atoms with Crippen LogP contribution in [0.5, 0.6) is 0 Å². The minimum atomic E-state index is 0.388. The van der Waals surface area contributed by atoms with Gasteiger partial charge in [0.2, 0.25) is 0 Å². The summed E-state index contributed by atoms with van der Waals surface area (Å²) in [5, 5.41) is 4.85. The summed E-state index contributed by atoms with van der Waals surface area (Å²) in [5.74, 6) is 0. The number of furan rings is 1. The lowest BCUT2D eigenvalue weighted by Gasteiger charge is -1.95. The molecule has 0 N–H and O–H groups in total. The van der Waals surface area contributed by atoms with E-state index in [-0.39, 0.29) is 0 Å². The van der Waals surface area contributed by atoms with E-state index >= 15 is 0 Å². The lowest BCUT2D eigenvalue weighted by atomic mass is 10.1. The number of para-hydroxylation sites is 1. The molecule has 0 unspecified atom stereocenters. The normalized spacial score (nSPS) is 11.1. The van der Waals surface area contributed by atoms with E-state index in [0.29, 0.717) is 10.2 Å². The van der Waals surface area contributed by atoms with Crippen molar-refractivity contribution < 1.29 is 4.42 Å². The number of fused-ring (bicyclic) bond motifs is 3. The summed E-state index contributed by atoms with van der Waals surface area (Å²) >= 11 is 3.39. The van der Waals surface area contributed by atoms with E-state index in [1.54, 1.807) is 12.1 Å². The molecule has 0 aliphatic rings. The highest BCUT2D eigenvalue weighted by Crippen LogP contribution is 2.39. The smallest absolute Gasteiger partial charge is 0.136 e. The number of rotatable bonds is 1. The topological polar surface area (TPSA) is 42.6 Å². The van der Waals surface area contributed by atoms with E-state index in [2.05, 4.69) is 21.1 Å². The van der Waals surface area contributed by atoms with Gasteiger partial charge in [0.25, 0.3) is 0 Å². The minimum Gasteiger partial charge on any atom is -0.456 e. The van der Waals surface area contributed by atoms with Gasteiger partial charge in [-0.3, -0.25) is 0 Å². The fourth-order valence-corrected chi connectivity index (χ4v) is 2.45. The van der Waals surface area contributed by atoms with Crippen molar-refractivity contribution in [1.29, 1.82) is 0 Å². The average molecular weight is 276 g/mol. The molecule has 0 amide bonds. The van der Waals surface area contributed by atoms with Crippen LogP contribution in [0, 0.1) is 4.91 Å². The number of benzene rings is 2. The van der Waals surface area contributed by atoms with Crippen LogP contribution in [0.1, 0.15) is 0 Å². The molecule has 0 aliphatic carbocycles. The highest BCUT2D eigenvalue weighted by molar-refractivity contribution is 9.10. The first-order chi connectivity index (χ1) is 7.81. The molecule has 0 aliphatic heterocycles. The van der Waals surface area contributed by atoms with Gasteiger partial charge in [-0.05, 0) is 39.3 Å². The van der Waals surface area contributed by atoms with E-state index in [1.807, 2.05) is 24.3 Å². The third kappa shape index (κ3) is 1.20. The standard InChI is InChI=1S/C12H6BrNO2/c13-12-8(14-15)5-6-10-11(12)7-3-1-2-4-9(7)16-10/h1-6H. The Labute approximate surface area is 99.2 Å². The summed E-state index contributed by atoms with van der Waals surface area (Å²) in [4.78, 5) is 10.6. The van der Waals surface area contributed by atoms with Crippen molar-refractivity contribution in [2.24, 2.45) is 5.18 Å². The van der Waals surface area contributed by atoms with Gasteiger partial charge in [0.05, 0.1) is 4.47 Å². The first kappa shape index (κ1) is 9.54. The van der Waals surface area contributed by atoms with E-state index in [9.17, 15) is 4.91 Å². The quantitative estimate of drug-likeness (QED) is 0.602. The van der Waals surface area contributed by atoms with Gasteiger partial charge in [-0.2, -0.15) is 0 Å². The number of hydrogen-bond donors (Lipinski definition) is 0. The largest absolute Gasteiger partial charge is 0.456 e. The monoisotopic (exact) mass is 275 g/mol. The van der Waals surface area contributed by atoms with Gasteiger partial charge < -0.3 is 4.42 Å². The van der Waals surface area contributed by atoms with Gasteiger partial charge in [-0.25, -0.2) is 0 Å². The molecular weight excluding hydrogens is 270 g/mol. The molecule has 1 heterocycles. The van der Waals surface area contributed by atoms with E-state index in [1.165, 1.54) is 0 Å². The molecular formula is C12H6BrNO2. The van der Waals surface area contributed by atoms with Crippen LogP contribution in [-0.4, -0.2) is 0 Å². The van der Waals surface area contributed by atoms with Crippen LogP contribution in [0.2, 0.25) is 0 Å². The molecule has 0 atom stereocenters. The maximum Gasteiger partial charge on any atom is 0.136 e. The first-order valence-electron chi connectivity index (χ1n) is 4.74. The van der Waals surface area contributed by atoms with Crippen molar-refractivity contribution >= 4 is 43.6 Å². The second-order valence-electron chi connectivity index (χ2n) is 3.46. The van der Waals surface area contributed by atoms with Crippen LogP contribution in [0.25, 0.3) is 21.9 Å². The molecule has 1 aromatic heterocycles. The van der Waals surface area contributed by atoms with Gasteiger partial charge in [-0.15, -0.1) is 4.91 Å². The van der Waals surface area contributed by atoms with Crippen LogP contribution >= 0.6 is 15.9 Å². The summed E-state index contributed by atoms with van der Waals surface area (Å²) in [6, 6.07) is 11.1. The molecule has 0 fully saturated rings. The van der Waals surface area contributed by atoms with Crippen molar-refractivity contribution in [2.75, 3.05) is 0 Å². The van der Waals surface area contributed by atoms with Gasteiger partial charge in [0.1, 0.15) is 16.9 Å². The van der Waals surface area contributed by atoms with Crippen molar-refractivity contribution in [2.45, 2.75) is 0 Å². The zero-order valence-corrected chi connectivity index (χ0v) is 9.69. The number of hydrogen-bond acceptors (Lipinski definition) is 3. The molecule has 78 valence electrons. The van der Waals surface area contributed by atoms with E-state index in [0.717, 1.165) is 21.9 Å². The van der Waals surface area contributed by atoms with Crippen molar-refractivity contribution in [3.8, 4) is 0 Å². The maximum atomic E-state index is 10.6. The second kappa shape index (κ2) is 3.42.